The summed E-state index contributed by atoms with van der Waals surface area (Å²) in [6.07, 6.45) is 5.35. The van der Waals surface area contributed by atoms with Crippen LogP contribution in [0.3, 0.4) is 0 Å². The lowest BCUT2D eigenvalue weighted by atomic mass is 9.86. The molecule has 2 aliphatic carbocycles. The predicted molar refractivity (Wildman–Crippen MR) is 88.0 cm³/mol. The predicted octanol–water partition coefficient (Wildman–Crippen LogP) is 3.61. The molecular weight excluding hydrogens is 328 g/mol. The average molecular weight is 351 g/mol. The second-order valence-electron chi connectivity index (χ2n) is 7.14. The summed E-state index contributed by atoms with van der Waals surface area (Å²) in [5.74, 6) is -3.97. The molecule has 25 heavy (non-hydrogen) atoms. The largest absolute Gasteiger partial charge is 0.481 e. The highest BCUT2D eigenvalue weighted by molar-refractivity contribution is 5.84. The molecule has 0 aromatic heterocycles. The summed E-state index contributed by atoms with van der Waals surface area (Å²) in [5.41, 5.74) is -0.0323. The van der Waals surface area contributed by atoms with E-state index in [-0.39, 0.29) is 11.5 Å². The van der Waals surface area contributed by atoms with Crippen molar-refractivity contribution >= 4 is 11.9 Å². The Morgan fingerprint density at radius 1 is 1.00 bits per heavy atom. The Morgan fingerprint density at radius 2 is 1.64 bits per heavy atom. The molecule has 2 aliphatic rings. The monoisotopic (exact) mass is 351 g/mol. The van der Waals surface area contributed by atoms with Crippen LogP contribution in [0.5, 0.6) is 0 Å². The Labute approximate surface area is 145 Å². The molecule has 4 atom stereocenters. The molecule has 3 rings (SSSR count). The molecule has 1 aromatic carbocycles. The minimum atomic E-state index is -0.889. The third-order valence-electron chi connectivity index (χ3n) is 5.41. The quantitative estimate of drug-likeness (QED) is 0.871. The summed E-state index contributed by atoms with van der Waals surface area (Å²) in [4.78, 5) is 24.0. The number of benzene rings is 1. The van der Waals surface area contributed by atoms with Crippen molar-refractivity contribution in [2.75, 3.05) is 0 Å². The first-order valence-electron chi connectivity index (χ1n) is 8.96. The first-order valence-corrected chi connectivity index (χ1v) is 8.96. The Bertz CT molecular complexity index is 644. The fourth-order valence-electron chi connectivity index (χ4n) is 3.91. The van der Waals surface area contributed by atoms with Crippen LogP contribution in [-0.4, -0.2) is 23.0 Å². The Morgan fingerprint density at radius 3 is 2.28 bits per heavy atom. The molecule has 0 heterocycles. The first-order chi connectivity index (χ1) is 12.0. The lowest BCUT2D eigenvalue weighted by molar-refractivity contribution is -0.143. The van der Waals surface area contributed by atoms with Gasteiger partial charge in [-0.25, -0.2) is 8.78 Å². The van der Waals surface area contributed by atoms with E-state index in [9.17, 15) is 23.5 Å². The second kappa shape index (κ2) is 7.50. The minimum Gasteiger partial charge on any atom is -0.481 e. The van der Waals surface area contributed by atoms with Gasteiger partial charge in [-0.2, -0.15) is 0 Å². The van der Waals surface area contributed by atoms with Crippen LogP contribution < -0.4 is 5.32 Å². The topological polar surface area (TPSA) is 66.4 Å². The van der Waals surface area contributed by atoms with Gasteiger partial charge in [0, 0.05) is 23.4 Å². The van der Waals surface area contributed by atoms with Gasteiger partial charge in [0.2, 0.25) is 5.91 Å². The summed E-state index contributed by atoms with van der Waals surface area (Å²) >= 11 is 0. The van der Waals surface area contributed by atoms with Crippen molar-refractivity contribution in [3.8, 4) is 0 Å². The normalized spacial score (nSPS) is 29.4. The zero-order chi connectivity index (χ0) is 18.0. The van der Waals surface area contributed by atoms with Crippen LogP contribution >= 0.6 is 0 Å². The first kappa shape index (κ1) is 17.8. The van der Waals surface area contributed by atoms with Gasteiger partial charge in [-0.05, 0) is 31.4 Å². The zero-order valence-electron chi connectivity index (χ0n) is 14.0. The molecule has 4 nitrogen and oxygen atoms in total. The zero-order valence-corrected chi connectivity index (χ0v) is 14.0. The van der Waals surface area contributed by atoms with Gasteiger partial charge in [0.25, 0.3) is 0 Å². The highest BCUT2D eigenvalue weighted by Crippen LogP contribution is 2.49. The molecule has 6 heteroatoms. The summed E-state index contributed by atoms with van der Waals surface area (Å²) in [7, 11) is 0. The summed E-state index contributed by atoms with van der Waals surface area (Å²) in [5, 5.41) is 12.3. The van der Waals surface area contributed by atoms with Gasteiger partial charge in [0.15, 0.2) is 0 Å². The highest BCUT2D eigenvalue weighted by Gasteiger charge is 2.47. The lowest BCUT2D eigenvalue weighted by Gasteiger charge is -2.27. The van der Waals surface area contributed by atoms with Crippen LogP contribution in [0.4, 0.5) is 8.78 Å². The van der Waals surface area contributed by atoms with Crippen molar-refractivity contribution < 1.29 is 23.5 Å². The average Bonchev–Trinajstić information content (AvgIpc) is 3.30. The maximum Gasteiger partial charge on any atom is 0.308 e. The number of aliphatic carboxylic acids is 1. The van der Waals surface area contributed by atoms with E-state index in [4.69, 9.17) is 0 Å². The maximum atomic E-state index is 13.9. The number of amides is 1. The van der Waals surface area contributed by atoms with Gasteiger partial charge < -0.3 is 10.4 Å². The maximum absolute atomic E-state index is 13.9. The number of carboxylic acid groups (broad SMARTS) is 1. The van der Waals surface area contributed by atoms with Crippen LogP contribution in [0, 0.1) is 23.5 Å². The van der Waals surface area contributed by atoms with Gasteiger partial charge in [-0.1, -0.05) is 31.7 Å². The fourth-order valence-corrected chi connectivity index (χ4v) is 3.91. The molecule has 1 amide bonds. The van der Waals surface area contributed by atoms with Crippen molar-refractivity contribution in [2.24, 2.45) is 11.8 Å². The van der Waals surface area contributed by atoms with Crippen LogP contribution in [0.2, 0.25) is 0 Å². The molecule has 0 spiro atoms. The van der Waals surface area contributed by atoms with E-state index in [1.165, 1.54) is 18.2 Å². The summed E-state index contributed by atoms with van der Waals surface area (Å²) in [6.45, 7) is 0. The molecule has 0 aliphatic heterocycles. The second-order valence-corrected chi connectivity index (χ2v) is 7.14. The van der Waals surface area contributed by atoms with Crippen molar-refractivity contribution in [3.05, 3.63) is 35.4 Å². The van der Waals surface area contributed by atoms with Crippen LogP contribution in [0.1, 0.15) is 56.4 Å². The van der Waals surface area contributed by atoms with Crippen LogP contribution in [0.15, 0.2) is 18.2 Å². The van der Waals surface area contributed by atoms with Gasteiger partial charge in [-0.3, -0.25) is 9.59 Å². The number of carboxylic acids is 1. The number of hydrogen-bond donors (Lipinski definition) is 2. The van der Waals surface area contributed by atoms with Crippen LogP contribution in [0.25, 0.3) is 0 Å². The van der Waals surface area contributed by atoms with Crippen molar-refractivity contribution in [3.63, 3.8) is 0 Å². The number of carbonyl (C=O) groups excluding carboxylic acids is 1. The number of halogens is 2. The molecule has 4 unspecified atom stereocenters. The standard InChI is InChI=1S/C19H23F2NO3/c20-14-7-5-8-15(21)17(14)12-10-13(12)18(23)22-16-9-4-2-1-3-6-11(16)19(24)25/h5,7-8,11-13,16H,1-4,6,9-10H2,(H,22,23)(H,24,25). The highest BCUT2D eigenvalue weighted by atomic mass is 19.1. The Kier molecular flexibility index (Phi) is 5.35. The number of rotatable bonds is 4. The molecule has 1 aromatic rings. The smallest absolute Gasteiger partial charge is 0.308 e. The van der Waals surface area contributed by atoms with E-state index in [0.29, 0.717) is 19.3 Å². The minimum absolute atomic E-state index is 0.0323. The third-order valence-corrected chi connectivity index (χ3v) is 5.41. The number of hydrogen-bond acceptors (Lipinski definition) is 2. The van der Waals surface area contributed by atoms with Gasteiger partial charge in [0.1, 0.15) is 11.6 Å². The number of carbonyl (C=O) groups is 2. The molecule has 0 saturated heterocycles. The molecule has 0 radical (unpaired) electrons. The Balaban J connectivity index is 1.66. The Hall–Kier alpha value is -1.98. The van der Waals surface area contributed by atoms with E-state index in [1.54, 1.807) is 0 Å². The molecule has 136 valence electrons. The molecular formula is C19H23F2NO3. The lowest BCUT2D eigenvalue weighted by Crippen LogP contribution is -2.44. The van der Waals surface area contributed by atoms with E-state index in [0.717, 1.165) is 25.7 Å². The molecule has 2 saturated carbocycles. The summed E-state index contributed by atoms with van der Waals surface area (Å²) < 4.78 is 27.7. The van der Waals surface area contributed by atoms with E-state index in [1.807, 2.05) is 0 Å². The van der Waals surface area contributed by atoms with Crippen molar-refractivity contribution in [1.82, 2.24) is 5.32 Å². The van der Waals surface area contributed by atoms with Gasteiger partial charge in [0.05, 0.1) is 5.92 Å². The van der Waals surface area contributed by atoms with Crippen molar-refractivity contribution in [1.29, 1.82) is 0 Å². The van der Waals surface area contributed by atoms with Crippen molar-refractivity contribution in [2.45, 2.75) is 56.9 Å². The third kappa shape index (κ3) is 3.99. The van der Waals surface area contributed by atoms with E-state index < -0.39 is 41.4 Å². The SMILES string of the molecule is O=C(O)C1CCCCCCC1NC(=O)C1CC1c1c(F)cccc1F. The van der Waals surface area contributed by atoms with E-state index in [2.05, 4.69) is 5.32 Å². The summed E-state index contributed by atoms with van der Waals surface area (Å²) in [6, 6.07) is 3.29. The molecule has 0 bridgehead atoms. The van der Waals surface area contributed by atoms with E-state index >= 15 is 0 Å². The number of nitrogens with one attached hydrogen (secondary N) is 1. The van der Waals surface area contributed by atoms with Crippen LogP contribution in [-0.2, 0) is 9.59 Å². The molecule has 2 fully saturated rings. The molecule has 2 N–H and O–H groups in total. The van der Waals surface area contributed by atoms with Gasteiger partial charge in [-0.15, -0.1) is 0 Å². The van der Waals surface area contributed by atoms with Gasteiger partial charge >= 0.3 is 5.97 Å². The fraction of sp³-hybridized carbons (Fsp3) is 0.579.